The molecule has 0 amide bonds. The molecular weight excluding hydrogens is 1370 g/mol. The Hall–Kier alpha value is -12.9. The van der Waals surface area contributed by atoms with E-state index in [4.69, 9.17) is 39.9 Å². The van der Waals surface area contributed by atoms with Crippen molar-refractivity contribution < 1.29 is 39.0 Å². The van der Waals surface area contributed by atoms with Gasteiger partial charge in [-0.1, -0.05) is 291 Å². The average molecular weight is 1430 g/mol. The first-order valence-corrected chi connectivity index (χ1v) is 33.9. The van der Waals surface area contributed by atoms with Gasteiger partial charge in [0.1, 0.15) is 0 Å². The fraction of sp³-hybridized carbons (Fsp3) is 0. The van der Waals surface area contributed by atoms with Crippen LogP contribution < -0.4 is 19.9 Å². The molecule has 14 aromatic rings. The Kier molecular flexibility index (Phi) is 18.3. The molecule has 8 nitrogen and oxygen atoms in total. The maximum Gasteiger partial charge on any atom is 2.00 e. The largest absolute Gasteiger partial charge is 2.00 e. The quantitative estimate of drug-likeness (QED) is 0.0841. The van der Waals surface area contributed by atoms with E-state index >= 15 is 0 Å². The van der Waals surface area contributed by atoms with E-state index in [0.717, 1.165) is 156 Å². The van der Waals surface area contributed by atoms with Crippen LogP contribution in [0.1, 0.15) is 78.9 Å². The zero-order valence-corrected chi connectivity index (χ0v) is 62.3. The Morgan fingerprint density at radius 3 is 0.692 bits per heavy atom. The van der Waals surface area contributed by atoms with E-state index in [1.165, 1.54) is 0 Å². The van der Waals surface area contributed by atoms with Crippen LogP contribution in [-0.4, -0.2) is 19.9 Å². The number of nitrogens with zero attached hydrogens (tertiary/aromatic N) is 8. The van der Waals surface area contributed by atoms with Crippen LogP contribution in [0.5, 0.6) is 0 Å². The standard InChI is InChI=1S/C94H56N8.2Zn/c1-7-25-65(26-8-1)89-77-47-43-73(95-77)71(74-44-48-78(96-74)90(66-27-9-2-10-28-66)82-52-56-86(100-82)93(69-33-15-5-16-34-69)85-55-51-81(89)99-85)41-39-63-23-19-21-61(59-63)37-38-62-22-20-24-64(60-62)40-42-72-75-45-49-79(97-75)91(67-29-11-3-12-30-67)83-53-57-87(101-83)94(70-35-17-6-18-36-70)88-58-54-84(102-88)92(68-31-13-4-14-32-68)80-50-46-76(72)98-80;;/h1-38,43-60H;;/q-4;2*+2/b38-37+,73-71?,74-71?,75-72?,76-72?,89-77?,89-81?,90-78?,90-82?,91-79?,91-83?,92-80?,92-84?,93-85?,93-86?,94-87?,94-88?;;. The molecular formula is C94H56N8Zn2. The second-order valence-corrected chi connectivity index (χ2v) is 25.0. The molecule has 0 unspecified atom stereocenters. The SMILES string of the molecule is C(#Cc1c2nc(c(-c3ccccc3)c3ccc([n-]3)c(-c3ccccc3)c3nc(c(-c4ccccc4)c4ccc1[n-]4)C=C3)C=C2)c1cccc(/C=C/c2cccc(C#Cc3c4nc(c(-c5ccccc5)c5ccc([n-]5)c(-c5ccccc5)c5nc(c(-c6ccccc6)c6ccc3[n-]6)C=C5)C=C4)c2)c1.[Zn+2].[Zn+2]. The van der Waals surface area contributed by atoms with Crippen LogP contribution in [0.3, 0.4) is 0 Å². The fourth-order valence-electron chi connectivity index (χ4n) is 13.7. The van der Waals surface area contributed by atoms with Crippen molar-refractivity contribution in [2.75, 3.05) is 0 Å². The molecule has 8 aromatic carbocycles. The van der Waals surface area contributed by atoms with Gasteiger partial charge in [-0.2, -0.15) is 0 Å². The van der Waals surface area contributed by atoms with Gasteiger partial charge in [0.2, 0.25) is 0 Å². The summed E-state index contributed by atoms with van der Waals surface area (Å²) in [5, 5.41) is 0. The first-order chi connectivity index (χ1) is 50.5. The van der Waals surface area contributed by atoms with Crippen molar-refractivity contribution in [2.24, 2.45) is 0 Å². The predicted molar refractivity (Wildman–Crippen MR) is 420 cm³/mol. The molecule has 10 heteroatoms. The minimum atomic E-state index is 0. The summed E-state index contributed by atoms with van der Waals surface area (Å²) in [5.41, 5.74) is 29.0. The normalized spacial score (nSPS) is 11.7. The van der Waals surface area contributed by atoms with Gasteiger partial charge in [-0.15, -0.1) is 44.1 Å². The number of rotatable bonds is 8. The van der Waals surface area contributed by atoms with E-state index in [1.807, 2.05) is 133 Å². The summed E-state index contributed by atoms with van der Waals surface area (Å²) in [6, 6.07) is 95.3. The molecule has 0 N–H and O–H groups in total. The zero-order valence-electron chi connectivity index (χ0n) is 56.3. The molecule has 104 heavy (non-hydrogen) atoms. The minimum absolute atomic E-state index is 0. The number of benzene rings is 8. The van der Waals surface area contributed by atoms with Crippen molar-refractivity contribution in [1.29, 1.82) is 0 Å². The molecule has 0 radical (unpaired) electrons. The van der Waals surface area contributed by atoms with Crippen molar-refractivity contribution >= 4 is 105 Å². The summed E-state index contributed by atoms with van der Waals surface area (Å²) >= 11 is 0. The van der Waals surface area contributed by atoms with Crippen LogP contribution in [0.25, 0.3) is 172 Å². The van der Waals surface area contributed by atoms with Gasteiger partial charge in [0.05, 0.1) is 45.6 Å². The monoisotopic (exact) mass is 1420 g/mol. The average Bonchev–Trinajstić information content (AvgIpc) is 1.63. The second-order valence-electron chi connectivity index (χ2n) is 25.0. The summed E-state index contributed by atoms with van der Waals surface area (Å²) in [5.74, 6) is 14.3. The van der Waals surface area contributed by atoms with E-state index in [-0.39, 0.29) is 39.0 Å². The second kappa shape index (κ2) is 29.0. The summed E-state index contributed by atoms with van der Waals surface area (Å²) in [7, 11) is 0. The molecule has 0 saturated carbocycles. The van der Waals surface area contributed by atoms with Gasteiger partial charge < -0.3 is 19.9 Å². The molecule has 0 fully saturated rings. The van der Waals surface area contributed by atoms with Gasteiger partial charge in [0.25, 0.3) is 0 Å². The van der Waals surface area contributed by atoms with Crippen molar-refractivity contribution in [2.45, 2.75) is 0 Å². The van der Waals surface area contributed by atoms with Gasteiger partial charge in [-0.05, 0) is 151 Å². The Morgan fingerprint density at radius 2 is 0.433 bits per heavy atom. The van der Waals surface area contributed by atoms with Crippen molar-refractivity contribution in [1.82, 2.24) is 39.9 Å². The van der Waals surface area contributed by atoms with E-state index in [2.05, 4.69) is 230 Å². The summed E-state index contributed by atoms with van der Waals surface area (Å²) in [6.07, 6.45) is 20.8. The molecule has 0 spiro atoms. The Morgan fingerprint density at radius 1 is 0.212 bits per heavy atom. The maximum atomic E-state index is 5.41. The van der Waals surface area contributed by atoms with Crippen molar-refractivity contribution in [3.05, 3.63) is 358 Å². The first kappa shape index (κ1) is 65.7. The molecule has 6 aromatic heterocycles. The van der Waals surface area contributed by atoms with Crippen molar-refractivity contribution in [3.8, 4) is 90.4 Å². The number of fused-ring (bicyclic) bond motifs is 16. The summed E-state index contributed by atoms with van der Waals surface area (Å²) in [4.78, 5) is 43.3. The minimum Gasteiger partial charge on any atom is -0.657 e. The smallest absolute Gasteiger partial charge is 0.657 e. The molecule has 16 bridgehead atoms. The summed E-state index contributed by atoms with van der Waals surface area (Å²) in [6.45, 7) is 0. The fourth-order valence-corrected chi connectivity index (χ4v) is 13.7. The topological polar surface area (TPSA) is 108 Å². The third-order valence-corrected chi connectivity index (χ3v) is 18.5. The van der Waals surface area contributed by atoms with Crippen LogP contribution >= 0.6 is 0 Å². The van der Waals surface area contributed by atoms with Crippen molar-refractivity contribution in [3.63, 3.8) is 0 Å². The molecule has 10 heterocycles. The van der Waals surface area contributed by atoms with Gasteiger partial charge in [0, 0.05) is 22.3 Å². The van der Waals surface area contributed by atoms with Crippen LogP contribution in [0.15, 0.2) is 279 Å². The van der Waals surface area contributed by atoms with E-state index in [0.29, 0.717) is 33.5 Å². The third kappa shape index (κ3) is 13.1. The van der Waals surface area contributed by atoms with Crippen LogP contribution in [0.4, 0.5) is 0 Å². The first-order valence-electron chi connectivity index (χ1n) is 33.9. The Labute approximate surface area is 627 Å². The number of hydrogen-bond acceptors (Lipinski definition) is 4. The van der Waals surface area contributed by atoms with Gasteiger partial charge in [-0.25, -0.2) is 19.9 Å². The van der Waals surface area contributed by atoms with Crippen LogP contribution in [0.2, 0.25) is 0 Å². The Balaban J connectivity index is 0.00000416. The Bertz CT molecular complexity index is 5890. The third-order valence-electron chi connectivity index (χ3n) is 18.5. The molecule has 0 saturated heterocycles. The molecule has 476 valence electrons. The van der Waals surface area contributed by atoms with Crippen LogP contribution in [-0.2, 0) is 39.0 Å². The predicted octanol–water partition coefficient (Wildman–Crippen LogP) is 21.1. The van der Waals surface area contributed by atoms with E-state index < -0.39 is 0 Å². The zero-order chi connectivity index (χ0) is 67.7. The molecule has 0 aliphatic carbocycles. The molecule has 0 atom stereocenters. The van der Waals surface area contributed by atoms with Gasteiger partial charge in [-0.3, -0.25) is 0 Å². The molecule has 18 rings (SSSR count). The number of aromatic nitrogens is 8. The molecule has 4 aliphatic rings. The number of hydrogen-bond donors (Lipinski definition) is 0. The molecule has 4 aliphatic heterocycles. The van der Waals surface area contributed by atoms with Gasteiger partial charge in [0.15, 0.2) is 0 Å². The van der Waals surface area contributed by atoms with Crippen LogP contribution in [0, 0.1) is 23.7 Å². The maximum absolute atomic E-state index is 5.41. The van der Waals surface area contributed by atoms with Gasteiger partial charge >= 0.3 is 39.0 Å². The summed E-state index contributed by atoms with van der Waals surface area (Å²) < 4.78 is 0. The van der Waals surface area contributed by atoms with E-state index in [1.54, 1.807) is 0 Å². The van der Waals surface area contributed by atoms with E-state index in [9.17, 15) is 0 Å².